The van der Waals surface area contributed by atoms with E-state index in [0.29, 0.717) is 24.9 Å². The zero-order valence-electron chi connectivity index (χ0n) is 17.9. The van der Waals surface area contributed by atoms with E-state index in [0.717, 1.165) is 69.2 Å². The molecule has 1 aromatic heterocycles. The second-order valence-corrected chi connectivity index (χ2v) is 10.3. The molecule has 1 aliphatic carbocycles. The molecule has 3 fully saturated rings. The van der Waals surface area contributed by atoms with Gasteiger partial charge in [-0.2, -0.15) is 13.2 Å². The van der Waals surface area contributed by atoms with Crippen LogP contribution in [0, 0.1) is 5.92 Å². The third-order valence-electron chi connectivity index (χ3n) is 6.88. The molecule has 0 bridgehead atoms. The first kappa shape index (κ1) is 23.9. The number of nitrogens with two attached hydrogens (primary N) is 1. The number of alkyl halides is 3. The standard InChI is InChI=1S/C21H29ClF3N5OS/c22-17-11-15(21(23,24)25)12-27-19(17)29-7-5-28(6-8-29)16-3-1-14(2-4-16)18(26)20(31)30-9-10-32-13-30/h11-12,14,16,18H,1-10,13,26H2/t14-,16+,18-/m0/s1. The van der Waals surface area contributed by atoms with Crippen LogP contribution in [0.4, 0.5) is 19.0 Å². The summed E-state index contributed by atoms with van der Waals surface area (Å²) >= 11 is 7.88. The average Bonchev–Trinajstić information content (AvgIpc) is 3.33. The number of piperazine rings is 1. The summed E-state index contributed by atoms with van der Waals surface area (Å²) in [4.78, 5) is 22.9. The first-order valence-electron chi connectivity index (χ1n) is 11.1. The summed E-state index contributed by atoms with van der Waals surface area (Å²) in [6, 6.07) is 0.997. The molecular formula is C21H29ClF3N5OS. The number of pyridine rings is 1. The third kappa shape index (κ3) is 5.29. The van der Waals surface area contributed by atoms with Crippen LogP contribution in [-0.2, 0) is 11.0 Å². The number of hydrogen-bond acceptors (Lipinski definition) is 6. The minimum atomic E-state index is -4.45. The Kier molecular flexibility index (Phi) is 7.43. The Morgan fingerprint density at radius 2 is 1.84 bits per heavy atom. The smallest absolute Gasteiger partial charge is 0.353 e. The number of rotatable bonds is 4. The molecule has 32 heavy (non-hydrogen) atoms. The van der Waals surface area contributed by atoms with Gasteiger partial charge in [-0.05, 0) is 37.7 Å². The largest absolute Gasteiger partial charge is 0.417 e. The lowest BCUT2D eigenvalue weighted by atomic mass is 9.80. The lowest BCUT2D eigenvalue weighted by molar-refractivity contribution is -0.137. The summed E-state index contributed by atoms with van der Waals surface area (Å²) < 4.78 is 38.6. The van der Waals surface area contributed by atoms with E-state index in [9.17, 15) is 18.0 Å². The average molecular weight is 492 g/mol. The minimum Gasteiger partial charge on any atom is -0.353 e. The first-order chi connectivity index (χ1) is 15.2. The monoisotopic (exact) mass is 491 g/mol. The highest BCUT2D eigenvalue weighted by atomic mass is 35.5. The van der Waals surface area contributed by atoms with E-state index >= 15 is 0 Å². The van der Waals surface area contributed by atoms with Gasteiger partial charge in [0.1, 0.15) is 5.82 Å². The highest BCUT2D eigenvalue weighted by Crippen LogP contribution is 2.35. The Bertz CT molecular complexity index is 807. The molecule has 0 spiro atoms. The summed E-state index contributed by atoms with van der Waals surface area (Å²) in [5.41, 5.74) is 5.49. The fourth-order valence-electron chi connectivity index (χ4n) is 4.94. The van der Waals surface area contributed by atoms with Crippen molar-refractivity contribution in [2.75, 3.05) is 49.3 Å². The molecule has 4 rings (SSSR count). The van der Waals surface area contributed by atoms with Crippen molar-refractivity contribution in [1.29, 1.82) is 0 Å². The highest BCUT2D eigenvalue weighted by molar-refractivity contribution is 7.99. The lowest BCUT2D eigenvalue weighted by Crippen LogP contribution is -2.53. The van der Waals surface area contributed by atoms with Crippen molar-refractivity contribution in [2.24, 2.45) is 11.7 Å². The van der Waals surface area contributed by atoms with Crippen LogP contribution in [0.25, 0.3) is 0 Å². The van der Waals surface area contributed by atoms with Crippen LogP contribution in [0.5, 0.6) is 0 Å². The molecule has 3 aliphatic rings. The number of carbonyl (C=O) groups excluding carboxylic acids is 1. The molecule has 0 aromatic carbocycles. The van der Waals surface area contributed by atoms with Crippen molar-refractivity contribution >= 4 is 35.1 Å². The van der Waals surface area contributed by atoms with Gasteiger partial charge in [0.2, 0.25) is 5.91 Å². The van der Waals surface area contributed by atoms with Gasteiger partial charge in [0.25, 0.3) is 0 Å². The lowest BCUT2D eigenvalue weighted by Gasteiger charge is -2.43. The molecule has 0 radical (unpaired) electrons. The van der Waals surface area contributed by atoms with E-state index in [2.05, 4.69) is 9.88 Å². The van der Waals surface area contributed by atoms with E-state index in [4.69, 9.17) is 17.3 Å². The van der Waals surface area contributed by atoms with Gasteiger partial charge in [0.15, 0.2) is 0 Å². The maximum Gasteiger partial charge on any atom is 0.417 e. The topological polar surface area (TPSA) is 65.7 Å². The number of halogens is 4. The molecule has 1 amide bonds. The van der Waals surface area contributed by atoms with Gasteiger partial charge in [-0.1, -0.05) is 11.6 Å². The zero-order valence-corrected chi connectivity index (χ0v) is 19.4. The Morgan fingerprint density at radius 3 is 2.41 bits per heavy atom. The molecule has 1 saturated carbocycles. The molecule has 6 nitrogen and oxygen atoms in total. The first-order valence-corrected chi connectivity index (χ1v) is 12.6. The predicted molar refractivity (Wildman–Crippen MR) is 121 cm³/mol. The Balaban J connectivity index is 1.26. The molecule has 1 atom stereocenters. The Labute approximate surface area is 195 Å². The number of amides is 1. The van der Waals surface area contributed by atoms with Gasteiger partial charge in [-0.25, -0.2) is 4.98 Å². The normalized spacial score (nSPS) is 26.4. The molecule has 0 unspecified atom stereocenters. The van der Waals surface area contributed by atoms with Crippen molar-refractivity contribution in [3.05, 3.63) is 22.8 Å². The number of carbonyl (C=O) groups is 1. The summed E-state index contributed by atoms with van der Waals surface area (Å²) in [6.45, 7) is 3.76. The summed E-state index contributed by atoms with van der Waals surface area (Å²) in [6.07, 6.45) is 0.322. The Hall–Kier alpha value is -1.23. The van der Waals surface area contributed by atoms with Crippen LogP contribution in [0.2, 0.25) is 5.02 Å². The highest BCUT2D eigenvalue weighted by Gasteiger charge is 2.36. The maximum atomic E-state index is 12.9. The number of hydrogen-bond donors (Lipinski definition) is 1. The van der Waals surface area contributed by atoms with Gasteiger partial charge in [-0.3, -0.25) is 9.69 Å². The van der Waals surface area contributed by atoms with Crippen LogP contribution >= 0.6 is 23.4 Å². The van der Waals surface area contributed by atoms with Crippen molar-refractivity contribution in [3.63, 3.8) is 0 Å². The van der Waals surface area contributed by atoms with Crippen molar-refractivity contribution < 1.29 is 18.0 Å². The van der Waals surface area contributed by atoms with Crippen LogP contribution in [0.1, 0.15) is 31.2 Å². The molecule has 178 valence electrons. The number of aromatic nitrogens is 1. The van der Waals surface area contributed by atoms with Gasteiger partial charge in [0.05, 0.1) is 22.5 Å². The molecule has 11 heteroatoms. The van der Waals surface area contributed by atoms with E-state index in [-0.39, 0.29) is 16.8 Å². The Morgan fingerprint density at radius 1 is 1.16 bits per heavy atom. The second kappa shape index (κ2) is 9.95. The summed E-state index contributed by atoms with van der Waals surface area (Å²) in [7, 11) is 0. The molecule has 1 aromatic rings. The number of anilines is 1. The van der Waals surface area contributed by atoms with Crippen molar-refractivity contribution in [3.8, 4) is 0 Å². The predicted octanol–water partition coefficient (Wildman–Crippen LogP) is 3.29. The van der Waals surface area contributed by atoms with E-state index in [1.807, 2.05) is 9.80 Å². The van der Waals surface area contributed by atoms with Gasteiger partial charge >= 0.3 is 6.18 Å². The quantitative estimate of drug-likeness (QED) is 0.697. The van der Waals surface area contributed by atoms with Crippen molar-refractivity contribution in [1.82, 2.24) is 14.8 Å². The number of nitrogens with zero attached hydrogens (tertiary/aromatic N) is 4. The van der Waals surface area contributed by atoms with Crippen molar-refractivity contribution in [2.45, 2.75) is 43.9 Å². The van der Waals surface area contributed by atoms with Gasteiger partial charge in [-0.15, -0.1) is 11.8 Å². The molecular weight excluding hydrogens is 463 g/mol. The van der Waals surface area contributed by atoms with E-state index in [1.165, 1.54) is 0 Å². The maximum absolute atomic E-state index is 12.9. The van der Waals surface area contributed by atoms with Crippen LogP contribution < -0.4 is 10.6 Å². The fourth-order valence-corrected chi connectivity index (χ4v) is 6.18. The SMILES string of the molecule is N[C@H](C(=O)N1CCSC1)[C@H]1CC[C@@H](N2CCN(c3ncc(C(F)(F)F)cc3Cl)CC2)CC1. The van der Waals surface area contributed by atoms with E-state index in [1.54, 1.807) is 11.8 Å². The van der Waals surface area contributed by atoms with Gasteiger partial charge < -0.3 is 15.5 Å². The van der Waals surface area contributed by atoms with Crippen LogP contribution in [0.15, 0.2) is 12.3 Å². The molecule has 2 N–H and O–H groups in total. The fraction of sp³-hybridized carbons (Fsp3) is 0.714. The van der Waals surface area contributed by atoms with E-state index < -0.39 is 17.8 Å². The molecule has 3 heterocycles. The third-order valence-corrected chi connectivity index (χ3v) is 8.12. The minimum absolute atomic E-state index is 0.0313. The summed E-state index contributed by atoms with van der Waals surface area (Å²) in [5.74, 6) is 2.48. The van der Waals surface area contributed by atoms with Crippen LogP contribution in [0.3, 0.4) is 0 Å². The van der Waals surface area contributed by atoms with Crippen LogP contribution in [-0.4, -0.2) is 77.1 Å². The second-order valence-electron chi connectivity index (χ2n) is 8.78. The van der Waals surface area contributed by atoms with Gasteiger partial charge in [0, 0.05) is 50.7 Å². The molecule has 2 aliphatic heterocycles. The number of thioether (sulfide) groups is 1. The summed E-state index contributed by atoms with van der Waals surface area (Å²) in [5, 5.41) is 0.0313. The molecule has 2 saturated heterocycles. The zero-order chi connectivity index (χ0) is 22.9.